The van der Waals surface area contributed by atoms with Crippen LogP contribution in [-0.4, -0.2) is 0 Å². The molecule has 0 aliphatic heterocycles. The van der Waals surface area contributed by atoms with Gasteiger partial charge in [-0.25, -0.2) is 0 Å². The van der Waals surface area contributed by atoms with Crippen molar-refractivity contribution in [3.05, 3.63) is 0 Å². The zero-order valence-electron chi connectivity index (χ0n) is 11.1. The Balaban J connectivity index is 1.83. The fourth-order valence-electron chi connectivity index (χ4n) is 5.62. The Labute approximate surface area is 101 Å². The number of hydrogen-bond acceptors (Lipinski definition) is 0. The van der Waals surface area contributed by atoms with Gasteiger partial charge in [-0.3, -0.25) is 0 Å². The van der Waals surface area contributed by atoms with Crippen LogP contribution in [0.15, 0.2) is 0 Å². The first-order chi connectivity index (χ1) is 7.79. The number of rotatable bonds is 0. The lowest BCUT2D eigenvalue weighted by Gasteiger charge is -2.54. The van der Waals surface area contributed by atoms with Crippen LogP contribution in [0.4, 0.5) is 0 Å². The predicted octanol–water partition coefficient (Wildman–Crippen LogP) is 4.89. The minimum atomic E-state index is 1.05. The summed E-state index contributed by atoms with van der Waals surface area (Å²) in [5.74, 6) is 6.50. The average Bonchev–Trinajstić information content (AvgIpc) is 2.36. The van der Waals surface area contributed by atoms with Crippen molar-refractivity contribution >= 4 is 0 Å². The predicted molar refractivity (Wildman–Crippen MR) is 69.2 cm³/mol. The van der Waals surface area contributed by atoms with E-state index in [0.29, 0.717) is 0 Å². The summed E-state index contributed by atoms with van der Waals surface area (Å²) >= 11 is 0. The van der Waals surface area contributed by atoms with Crippen LogP contribution in [0.25, 0.3) is 0 Å². The van der Waals surface area contributed by atoms with Gasteiger partial charge < -0.3 is 0 Å². The van der Waals surface area contributed by atoms with Crippen molar-refractivity contribution in [1.82, 2.24) is 0 Å². The molecule has 0 heteroatoms. The van der Waals surface area contributed by atoms with Gasteiger partial charge in [0.15, 0.2) is 0 Å². The first kappa shape index (κ1) is 11.1. The van der Waals surface area contributed by atoms with Crippen LogP contribution in [0, 0.1) is 35.5 Å². The molecule has 0 aromatic heterocycles. The second-order valence-corrected chi connectivity index (χ2v) is 6.94. The summed E-state index contributed by atoms with van der Waals surface area (Å²) in [6, 6.07) is 0. The smallest absolute Gasteiger partial charge is 0.0355 e. The third-order valence-corrected chi connectivity index (χ3v) is 6.45. The van der Waals surface area contributed by atoms with E-state index in [1.165, 1.54) is 25.7 Å². The molecule has 0 amide bonds. The Morgan fingerprint density at radius 1 is 0.500 bits per heavy atom. The van der Waals surface area contributed by atoms with Crippen LogP contribution in [0.5, 0.6) is 0 Å². The van der Waals surface area contributed by atoms with Gasteiger partial charge in [-0.2, -0.15) is 0 Å². The van der Waals surface area contributed by atoms with Crippen molar-refractivity contribution in [2.24, 2.45) is 35.5 Å². The van der Waals surface area contributed by atoms with Gasteiger partial charge in [0.25, 0.3) is 0 Å². The average molecular weight is 220 g/mol. The van der Waals surface area contributed by atoms with Crippen LogP contribution >= 0.6 is 0 Å². The molecule has 0 saturated heterocycles. The summed E-state index contributed by atoms with van der Waals surface area (Å²) in [7, 11) is 0. The lowest BCUT2D eigenvalue weighted by atomic mass is 9.51. The van der Waals surface area contributed by atoms with Gasteiger partial charge >= 0.3 is 0 Å². The maximum Gasteiger partial charge on any atom is -0.0355 e. The molecule has 0 bridgehead atoms. The van der Waals surface area contributed by atoms with E-state index < -0.39 is 0 Å². The van der Waals surface area contributed by atoms with Crippen LogP contribution < -0.4 is 0 Å². The van der Waals surface area contributed by atoms with E-state index in [9.17, 15) is 0 Å². The molecule has 92 valence electrons. The SMILES string of the molecule is CC1C2CCCCC2C(C)C2CCCCC12. The van der Waals surface area contributed by atoms with Crippen LogP contribution in [0.1, 0.15) is 65.2 Å². The fraction of sp³-hybridized carbons (Fsp3) is 1.00. The monoisotopic (exact) mass is 220 g/mol. The van der Waals surface area contributed by atoms with Gasteiger partial charge in [-0.05, 0) is 61.2 Å². The molecule has 0 aromatic rings. The molecule has 0 spiro atoms. The second-order valence-electron chi connectivity index (χ2n) is 6.94. The van der Waals surface area contributed by atoms with Crippen molar-refractivity contribution in [3.8, 4) is 0 Å². The van der Waals surface area contributed by atoms with Crippen molar-refractivity contribution in [2.75, 3.05) is 0 Å². The molecule has 0 radical (unpaired) electrons. The van der Waals surface area contributed by atoms with Crippen LogP contribution in [0.2, 0.25) is 0 Å². The Hall–Kier alpha value is 0. The summed E-state index contributed by atoms with van der Waals surface area (Å²) in [6.45, 7) is 5.19. The van der Waals surface area contributed by atoms with Crippen molar-refractivity contribution in [2.45, 2.75) is 65.2 Å². The van der Waals surface area contributed by atoms with Crippen molar-refractivity contribution in [1.29, 1.82) is 0 Å². The summed E-state index contributed by atoms with van der Waals surface area (Å²) in [5.41, 5.74) is 0. The summed E-state index contributed by atoms with van der Waals surface area (Å²) in [5, 5.41) is 0. The summed E-state index contributed by atoms with van der Waals surface area (Å²) < 4.78 is 0. The van der Waals surface area contributed by atoms with E-state index >= 15 is 0 Å². The molecular formula is C16H28. The molecular weight excluding hydrogens is 192 g/mol. The van der Waals surface area contributed by atoms with Crippen LogP contribution in [0.3, 0.4) is 0 Å². The van der Waals surface area contributed by atoms with Gasteiger partial charge in [0.1, 0.15) is 0 Å². The largest absolute Gasteiger partial charge is 0.0620 e. The van der Waals surface area contributed by atoms with E-state index in [2.05, 4.69) is 13.8 Å². The minimum absolute atomic E-state index is 1.05. The fourth-order valence-corrected chi connectivity index (χ4v) is 5.62. The quantitative estimate of drug-likeness (QED) is 0.545. The molecule has 3 aliphatic rings. The molecule has 0 N–H and O–H groups in total. The van der Waals surface area contributed by atoms with Gasteiger partial charge in [0.05, 0.1) is 0 Å². The molecule has 0 aromatic carbocycles. The van der Waals surface area contributed by atoms with Gasteiger partial charge in [-0.1, -0.05) is 39.5 Å². The highest BCUT2D eigenvalue weighted by molar-refractivity contribution is 4.96. The van der Waals surface area contributed by atoms with Crippen LogP contribution in [-0.2, 0) is 0 Å². The molecule has 0 heterocycles. The topological polar surface area (TPSA) is 0 Å². The normalized spacial score (nSPS) is 52.9. The lowest BCUT2D eigenvalue weighted by Crippen LogP contribution is -2.46. The van der Waals surface area contributed by atoms with E-state index in [1.54, 1.807) is 25.7 Å². The minimum Gasteiger partial charge on any atom is -0.0620 e. The van der Waals surface area contributed by atoms with E-state index in [1.807, 2.05) is 0 Å². The van der Waals surface area contributed by atoms with Gasteiger partial charge in [0, 0.05) is 0 Å². The first-order valence-electron chi connectivity index (χ1n) is 7.79. The number of hydrogen-bond donors (Lipinski definition) is 0. The molecule has 3 fully saturated rings. The van der Waals surface area contributed by atoms with E-state index in [4.69, 9.17) is 0 Å². The molecule has 3 aliphatic carbocycles. The van der Waals surface area contributed by atoms with Gasteiger partial charge in [0.2, 0.25) is 0 Å². The lowest BCUT2D eigenvalue weighted by molar-refractivity contribution is -0.0470. The second kappa shape index (κ2) is 4.35. The third-order valence-electron chi connectivity index (χ3n) is 6.45. The number of fused-ring (bicyclic) bond motifs is 2. The molecule has 3 saturated carbocycles. The highest BCUT2D eigenvalue weighted by Gasteiger charge is 2.47. The summed E-state index contributed by atoms with van der Waals surface area (Å²) in [6.07, 6.45) is 12.3. The zero-order chi connectivity index (χ0) is 11.1. The third kappa shape index (κ3) is 1.64. The maximum absolute atomic E-state index is 2.60. The Bertz CT molecular complexity index is 194. The van der Waals surface area contributed by atoms with Gasteiger partial charge in [-0.15, -0.1) is 0 Å². The van der Waals surface area contributed by atoms with Crippen molar-refractivity contribution in [3.63, 3.8) is 0 Å². The van der Waals surface area contributed by atoms with E-state index in [0.717, 1.165) is 35.5 Å². The maximum atomic E-state index is 2.60. The Morgan fingerprint density at radius 2 is 0.750 bits per heavy atom. The Morgan fingerprint density at radius 3 is 1.00 bits per heavy atom. The standard InChI is InChI=1S/C16H28/c1-11-13-7-3-5-9-15(13)12(2)16-10-6-4-8-14(11)16/h11-16H,3-10H2,1-2H3. The highest BCUT2D eigenvalue weighted by Crippen LogP contribution is 2.55. The van der Waals surface area contributed by atoms with E-state index in [-0.39, 0.29) is 0 Å². The first-order valence-corrected chi connectivity index (χ1v) is 7.79. The molecule has 0 nitrogen and oxygen atoms in total. The molecule has 4 atom stereocenters. The highest BCUT2D eigenvalue weighted by atomic mass is 14.5. The molecule has 4 unspecified atom stereocenters. The molecule has 3 rings (SSSR count). The van der Waals surface area contributed by atoms with Crippen molar-refractivity contribution < 1.29 is 0 Å². The summed E-state index contributed by atoms with van der Waals surface area (Å²) in [4.78, 5) is 0. The zero-order valence-corrected chi connectivity index (χ0v) is 11.1. The molecule has 16 heavy (non-hydrogen) atoms. The Kier molecular flexibility index (Phi) is 3.02.